The zero-order valence-corrected chi connectivity index (χ0v) is 18.9. The van der Waals surface area contributed by atoms with Crippen molar-refractivity contribution < 1.29 is 23.9 Å². The van der Waals surface area contributed by atoms with Gasteiger partial charge in [0.1, 0.15) is 17.8 Å². The molecule has 1 aromatic carbocycles. The summed E-state index contributed by atoms with van der Waals surface area (Å²) < 4.78 is 10.6. The Balaban J connectivity index is 1.30. The largest absolute Gasteiger partial charge is 0.497 e. The molecule has 2 fully saturated rings. The number of allylic oxidation sites excluding steroid dienone is 5. The molecule has 6 heteroatoms. The van der Waals surface area contributed by atoms with Crippen molar-refractivity contribution in [2.75, 3.05) is 13.7 Å². The molecule has 6 unspecified atom stereocenters. The molecule has 1 N–H and O–H groups in total. The van der Waals surface area contributed by atoms with Crippen molar-refractivity contribution in [2.45, 2.75) is 13.3 Å². The highest BCUT2D eigenvalue weighted by atomic mass is 16.5. The topological polar surface area (TPSA) is 81.7 Å². The van der Waals surface area contributed by atoms with E-state index in [0.717, 1.165) is 12.7 Å². The Morgan fingerprint density at radius 1 is 1.12 bits per heavy atom. The highest BCUT2D eigenvalue weighted by molar-refractivity contribution is 5.97. The maximum atomic E-state index is 13.1. The van der Waals surface area contributed by atoms with Gasteiger partial charge in [-0.1, -0.05) is 24.8 Å². The van der Waals surface area contributed by atoms with Gasteiger partial charge in [-0.25, -0.2) is 0 Å². The van der Waals surface area contributed by atoms with E-state index in [-0.39, 0.29) is 42.0 Å². The monoisotopic (exact) mass is 447 g/mol. The zero-order chi connectivity index (χ0) is 23.5. The van der Waals surface area contributed by atoms with Crippen LogP contribution in [0.25, 0.3) is 0 Å². The average molecular weight is 448 g/mol. The van der Waals surface area contributed by atoms with Crippen molar-refractivity contribution in [1.82, 2.24) is 5.32 Å². The molecule has 0 saturated heterocycles. The lowest BCUT2D eigenvalue weighted by Crippen LogP contribution is -2.47. The van der Waals surface area contributed by atoms with E-state index in [9.17, 15) is 14.4 Å². The second-order valence-electron chi connectivity index (χ2n) is 8.82. The summed E-state index contributed by atoms with van der Waals surface area (Å²) in [5.74, 6) is 1.52. The predicted octanol–water partition coefficient (Wildman–Crippen LogP) is 3.87. The van der Waals surface area contributed by atoms with Gasteiger partial charge >= 0.3 is 0 Å². The first-order valence-corrected chi connectivity index (χ1v) is 11.2. The number of rotatable bonds is 10. The first kappa shape index (κ1) is 22.8. The number of carbonyl (C=O) groups excluding carboxylic acids is 3. The highest BCUT2D eigenvalue weighted by Crippen LogP contribution is 2.63. The molecule has 1 amide bonds. The summed E-state index contributed by atoms with van der Waals surface area (Å²) >= 11 is 0. The maximum Gasteiger partial charge on any atom is 0.228 e. The first-order chi connectivity index (χ1) is 16.0. The minimum Gasteiger partial charge on any atom is -0.497 e. The summed E-state index contributed by atoms with van der Waals surface area (Å²) in [5, 5.41) is 2.95. The van der Waals surface area contributed by atoms with E-state index < -0.39 is 0 Å². The van der Waals surface area contributed by atoms with Crippen LogP contribution in [0.3, 0.4) is 0 Å². The van der Waals surface area contributed by atoms with Gasteiger partial charge < -0.3 is 19.6 Å². The lowest BCUT2D eigenvalue weighted by Gasteiger charge is -2.41. The first-order valence-electron chi connectivity index (χ1n) is 11.2. The number of ketones is 1. The minimum absolute atomic E-state index is 0.129. The van der Waals surface area contributed by atoms with E-state index in [0.29, 0.717) is 34.6 Å². The molecule has 6 atom stereocenters. The van der Waals surface area contributed by atoms with Gasteiger partial charge in [-0.3, -0.25) is 9.59 Å². The third-order valence-corrected chi connectivity index (χ3v) is 7.00. The van der Waals surface area contributed by atoms with Gasteiger partial charge in [0, 0.05) is 17.2 Å². The Kier molecular flexibility index (Phi) is 6.63. The smallest absolute Gasteiger partial charge is 0.228 e. The third kappa shape index (κ3) is 4.70. The molecule has 2 saturated carbocycles. The summed E-state index contributed by atoms with van der Waals surface area (Å²) in [7, 11) is 1.57. The number of benzene rings is 1. The van der Waals surface area contributed by atoms with Crippen molar-refractivity contribution in [3.63, 3.8) is 0 Å². The highest BCUT2D eigenvalue weighted by Gasteiger charge is 2.61. The van der Waals surface area contributed by atoms with Gasteiger partial charge in [0.05, 0.1) is 13.0 Å². The summed E-state index contributed by atoms with van der Waals surface area (Å²) in [4.78, 5) is 37.1. The fraction of sp³-hybridized carbons (Fsp3) is 0.370. The Labute approximate surface area is 194 Å². The van der Waals surface area contributed by atoms with E-state index in [1.165, 1.54) is 0 Å². The van der Waals surface area contributed by atoms with Crippen LogP contribution in [0.2, 0.25) is 0 Å². The number of amides is 1. The Morgan fingerprint density at radius 3 is 2.48 bits per heavy atom. The van der Waals surface area contributed by atoms with Crippen molar-refractivity contribution >= 4 is 18.0 Å². The van der Waals surface area contributed by atoms with E-state index in [1.54, 1.807) is 49.6 Å². The number of hydrogen-bond donors (Lipinski definition) is 1. The zero-order valence-electron chi connectivity index (χ0n) is 18.9. The van der Waals surface area contributed by atoms with Gasteiger partial charge in [0.25, 0.3) is 0 Å². The van der Waals surface area contributed by atoms with Crippen LogP contribution in [0, 0.1) is 35.5 Å². The van der Waals surface area contributed by atoms with E-state index in [4.69, 9.17) is 9.47 Å². The number of carbonyl (C=O) groups is 3. The fourth-order valence-corrected chi connectivity index (χ4v) is 5.17. The Hall–Kier alpha value is -3.41. The van der Waals surface area contributed by atoms with Crippen LogP contribution < -0.4 is 10.1 Å². The molecule has 2 bridgehead atoms. The quantitative estimate of drug-likeness (QED) is 0.194. The van der Waals surface area contributed by atoms with Crippen LogP contribution in [0.5, 0.6) is 5.75 Å². The van der Waals surface area contributed by atoms with Crippen LogP contribution in [0.15, 0.2) is 72.7 Å². The van der Waals surface area contributed by atoms with E-state index in [1.807, 2.05) is 6.92 Å². The predicted molar refractivity (Wildman–Crippen MR) is 124 cm³/mol. The number of methoxy groups -OCH3 is 1. The number of aldehydes is 1. The molecule has 6 nitrogen and oxygen atoms in total. The van der Waals surface area contributed by atoms with Gasteiger partial charge in [0.15, 0.2) is 12.4 Å². The van der Waals surface area contributed by atoms with Crippen molar-refractivity contribution in [1.29, 1.82) is 0 Å². The van der Waals surface area contributed by atoms with Crippen molar-refractivity contribution in [3.8, 4) is 5.75 Å². The number of ether oxygens (including phenoxy) is 2. The summed E-state index contributed by atoms with van der Waals surface area (Å²) in [6.07, 6.45) is 11.4. The molecular weight excluding hydrogens is 418 g/mol. The number of hydrogen-bond acceptors (Lipinski definition) is 5. The van der Waals surface area contributed by atoms with Crippen LogP contribution in [0.4, 0.5) is 0 Å². The lowest BCUT2D eigenvalue weighted by molar-refractivity contribution is -0.134. The number of fused-ring (bicyclic) bond motifs is 1. The van der Waals surface area contributed by atoms with E-state index >= 15 is 0 Å². The standard InChI is InChI=1S/C27H29NO5/c1-4-18(8-5-16(2)33-15-25(30)17-6-9-19(32-3)10-7-17)28-27(31)26-21-12-11-20(24(26)14-29)22-13-23(21)22/h4-12,14,20-24,26H,2,13,15H2,1,3H3,(H,28,31)/b8-5-,18-4+. The SMILES string of the molecule is C=C(/C=C\C(=C/C)NC(=O)C1C(C=O)C2C=CC1C1CC21)OCC(=O)c1ccc(OC)cc1. The average Bonchev–Trinajstić information content (AvgIpc) is 3.67. The summed E-state index contributed by atoms with van der Waals surface area (Å²) in [6.45, 7) is 5.49. The second-order valence-corrected chi connectivity index (χ2v) is 8.82. The molecule has 5 rings (SSSR count). The Bertz CT molecular complexity index is 1040. The third-order valence-electron chi connectivity index (χ3n) is 7.00. The summed E-state index contributed by atoms with van der Waals surface area (Å²) in [5.41, 5.74) is 1.11. The van der Waals surface area contributed by atoms with Gasteiger partial charge in [0.2, 0.25) is 5.91 Å². The molecule has 33 heavy (non-hydrogen) atoms. The minimum atomic E-state index is -0.328. The molecule has 0 heterocycles. The molecule has 0 aromatic heterocycles. The van der Waals surface area contributed by atoms with E-state index in [2.05, 4.69) is 24.0 Å². The molecule has 1 aromatic rings. The van der Waals surface area contributed by atoms with Crippen molar-refractivity contribution in [2.24, 2.45) is 35.5 Å². The lowest BCUT2D eigenvalue weighted by atomic mass is 9.62. The Morgan fingerprint density at radius 2 is 1.82 bits per heavy atom. The second kappa shape index (κ2) is 9.61. The summed E-state index contributed by atoms with van der Waals surface area (Å²) in [6, 6.07) is 6.80. The van der Waals surface area contributed by atoms with Gasteiger partial charge in [-0.05, 0) is 73.4 Å². The van der Waals surface area contributed by atoms with Crippen LogP contribution >= 0.6 is 0 Å². The normalized spacial score (nSPS) is 29.3. The fourth-order valence-electron chi connectivity index (χ4n) is 5.17. The van der Waals surface area contributed by atoms with Crippen molar-refractivity contribution in [3.05, 3.63) is 78.2 Å². The molecule has 4 aliphatic rings. The van der Waals surface area contributed by atoms with Gasteiger partial charge in [-0.15, -0.1) is 0 Å². The molecule has 0 aliphatic heterocycles. The molecule has 4 aliphatic carbocycles. The molecule has 0 spiro atoms. The van der Waals surface area contributed by atoms with Crippen LogP contribution in [0.1, 0.15) is 23.7 Å². The molecule has 0 radical (unpaired) electrons. The van der Waals surface area contributed by atoms with Crippen LogP contribution in [-0.4, -0.2) is 31.7 Å². The maximum absolute atomic E-state index is 13.1. The molecular formula is C27H29NO5. The number of Topliss-reactive ketones (excluding diaryl/α,β-unsaturated/α-hetero) is 1. The van der Waals surface area contributed by atoms with Gasteiger partial charge in [-0.2, -0.15) is 0 Å². The molecule has 172 valence electrons. The number of nitrogens with one attached hydrogen (secondary N) is 1. The van der Waals surface area contributed by atoms with Crippen LogP contribution in [-0.2, 0) is 14.3 Å².